The van der Waals surface area contributed by atoms with Crippen LogP contribution in [0.2, 0.25) is 0 Å². The fourth-order valence-corrected chi connectivity index (χ4v) is 1.58. The van der Waals surface area contributed by atoms with Gasteiger partial charge in [0.25, 0.3) is 0 Å². The molecule has 2 N–H and O–H groups in total. The van der Waals surface area contributed by atoms with Crippen molar-refractivity contribution in [2.24, 2.45) is 0 Å². The van der Waals surface area contributed by atoms with E-state index in [0.29, 0.717) is 17.9 Å². The summed E-state index contributed by atoms with van der Waals surface area (Å²) in [6.07, 6.45) is -0.477. The van der Waals surface area contributed by atoms with Crippen molar-refractivity contribution >= 4 is 16.7 Å². The van der Waals surface area contributed by atoms with E-state index in [4.69, 9.17) is 5.26 Å². The van der Waals surface area contributed by atoms with Gasteiger partial charge in [-0.1, -0.05) is 18.2 Å². The van der Waals surface area contributed by atoms with Gasteiger partial charge in [-0.15, -0.1) is 0 Å². The van der Waals surface area contributed by atoms with E-state index in [1.165, 1.54) is 0 Å². The van der Waals surface area contributed by atoms with Crippen molar-refractivity contribution in [3.8, 4) is 6.07 Å². The molecule has 0 aliphatic heterocycles. The molecule has 0 aliphatic carbocycles. The Hall–Kier alpha value is -2.12. The van der Waals surface area contributed by atoms with Crippen LogP contribution in [0.4, 0.5) is 5.82 Å². The van der Waals surface area contributed by atoms with Crippen LogP contribution in [0.3, 0.4) is 0 Å². The fraction of sp³-hybridized carbons (Fsp3) is 0.231. The number of benzene rings is 1. The van der Waals surface area contributed by atoms with Gasteiger partial charge in [0.15, 0.2) is 0 Å². The Bertz CT molecular complexity index is 572. The van der Waals surface area contributed by atoms with Gasteiger partial charge >= 0.3 is 0 Å². The minimum Gasteiger partial charge on any atom is -0.392 e. The number of hydrogen-bond donors (Lipinski definition) is 2. The van der Waals surface area contributed by atoms with Crippen LogP contribution in [0, 0.1) is 11.3 Å². The average Bonchev–Trinajstić information content (AvgIpc) is 2.35. The van der Waals surface area contributed by atoms with Crippen LogP contribution in [-0.4, -0.2) is 22.7 Å². The molecule has 4 heteroatoms. The van der Waals surface area contributed by atoms with E-state index >= 15 is 0 Å². The lowest BCUT2D eigenvalue weighted by molar-refractivity contribution is 0.208. The molecule has 0 aliphatic rings. The summed E-state index contributed by atoms with van der Waals surface area (Å²) in [7, 11) is 0. The van der Waals surface area contributed by atoms with E-state index in [2.05, 4.69) is 16.4 Å². The molecular weight excluding hydrogens is 214 g/mol. The van der Waals surface area contributed by atoms with Crippen molar-refractivity contribution in [3.05, 3.63) is 35.9 Å². The van der Waals surface area contributed by atoms with Crippen LogP contribution in [0.15, 0.2) is 30.3 Å². The molecule has 1 atom stereocenters. The number of rotatable bonds is 3. The fourth-order valence-electron chi connectivity index (χ4n) is 1.58. The third-order valence-electron chi connectivity index (χ3n) is 2.41. The van der Waals surface area contributed by atoms with Crippen molar-refractivity contribution in [1.82, 2.24) is 4.98 Å². The molecule has 0 amide bonds. The average molecular weight is 227 g/mol. The van der Waals surface area contributed by atoms with E-state index in [9.17, 15) is 5.11 Å². The Morgan fingerprint density at radius 1 is 1.47 bits per heavy atom. The Morgan fingerprint density at radius 3 is 2.94 bits per heavy atom. The molecule has 2 aromatic rings. The van der Waals surface area contributed by atoms with E-state index in [1.807, 2.05) is 24.3 Å². The number of fused-ring (bicyclic) bond motifs is 1. The maximum Gasteiger partial charge on any atom is 0.144 e. The van der Waals surface area contributed by atoms with Gasteiger partial charge in [-0.2, -0.15) is 5.26 Å². The van der Waals surface area contributed by atoms with Gasteiger partial charge < -0.3 is 10.4 Å². The third-order valence-corrected chi connectivity index (χ3v) is 2.41. The number of aliphatic hydroxyl groups is 1. The topological polar surface area (TPSA) is 68.9 Å². The SMILES string of the molecule is CC(O)CNc1nc2ccccc2cc1C#N. The van der Waals surface area contributed by atoms with Gasteiger partial charge in [-0.25, -0.2) is 4.98 Å². The van der Waals surface area contributed by atoms with Crippen LogP contribution in [0.1, 0.15) is 12.5 Å². The number of pyridine rings is 1. The molecule has 1 aromatic carbocycles. The Morgan fingerprint density at radius 2 is 2.24 bits per heavy atom. The van der Waals surface area contributed by atoms with E-state index in [-0.39, 0.29) is 0 Å². The number of aliphatic hydroxyl groups excluding tert-OH is 1. The second-order valence-electron chi connectivity index (χ2n) is 3.92. The van der Waals surface area contributed by atoms with E-state index < -0.39 is 6.10 Å². The third kappa shape index (κ3) is 2.52. The maximum absolute atomic E-state index is 9.22. The summed E-state index contributed by atoms with van der Waals surface area (Å²) in [5.41, 5.74) is 1.32. The van der Waals surface area contributed by atoms with Crippen molar-refractivity contribution in [3.63, 3.8) is 0 Å². The molecule has 1 aromatic heterocycles. The van der Waals surface area contributed by atoms with Crippen molar-refractivity contribution < 1.29 is 5.11 Å². The monoisotopic (exact) mass is 227 g/mol. The molecule has 0 saturated heterocycles. The van der Waals surface area contributed by atoms with Gasteiger partial charge in [0.1, 0.15) is 11.9 Å². The number of para-hydroxylation sites is 1. The molecule has 4 nitrogen and oxygen atoms in total. The summed E-state index contributed by atoms with van der Waals surface area (Å²) < 4.78 is 0. The second kappa shape index (κ2) is 4.81. The quantitative estimate of drug-likeness (QED) is 0.840. The minimum absolute atomic E-state index is 0.375. The molecule has 86 valence electrons. The Kier molecular flexibility index (Phi) is 3.22. The first-order chi connectivity index (χ1) is 8.20. The molecule has 2 rings (SSSR count). The Labute approximate surface area is 99.5 Å². The van der Waals surface area contributed by atoms with Gasteiger partial charge in [-0.05, 0) is 19.1 Å². The molecule has 0 saturated carbocycles. The number of nitrogens with one attached hydrogen (secondary N) is 1. The van der Waals surface area contributed by atoms with E-state index in [1.54, 1.807) is 13.0 Å². The zero-order chi connectivity index (χ0) is 12.3. The highest BCUT2D eigenvalue weighted by Crippen LogP contribution is 2.19. The molecule has 0 fully saturated rings. The van der Waals surface area contributed by atoms with Gasteiger partial charge in [0.2, 0.25) is 0 Å². The lowest BCUT2D eigenvalue weighted by Crippen LogP contribution is -2.16. The normalized spacial score (nSPS) is 12.1. The lowest BCUT2D eigenvalue weighted by atomic mass is 10.1. The van der Waals surface area contributed by atoms with Crippen LogP contribution in [0.5, 0.6) is 0 Å². The summed E-state index contributed by atoms with van der Waals surface area (Å²) in [6.45, 7) is 2.06. The predicted octanol–water partition coefficient (Wildman–Crippen LogP) is 1.90. The van der Waals surface area contributed by atoms with Crippen molar-refractivity contribution in [2.75, 3.05) is 11.9 Å². The zero-order valence-electron chi connectivity index (χ0n) is 9.51. The lowest BCUT2D eigenvalue weighted by Gasteiger charge is -2.10. The summed E-state index contributed by atoms with van der Waals surface area (Å²) in [5.74, 6) is 0.520. The number of anilines is 1. The molecule has 0 spiro atoms. The highest BCUT2D eigenvalue weighted by atomic mass is 16.3. The number of nitrogens with zero attached hydrogens (tertiary/aromatic N) is 2. The summed E-state index contributed by atoms with van der Waals surface area (Å²) in [4.78, 5) is 4.37. The maximum atomic E-state index is 9.22. The van der Waals surface area contributed by atoms with E-state index in [0.717, 1.165) is 10.9 Å². The van der Waals surface area contributed by atoms with Gasteiger partial charge in [0, 0.05) is 11.9 Å². The highest BCUT2D eigenvalue weighted by molar-refractivity contribution is 5.82. The molecule has 17 heavy (non-hydrogen) atoms. The van der Waals surface area contributed by atoms with Crippen molar-refractivity contribution in [1.29, 1.82) is 5.26 Å². The summed E-state index contributed by atoms with van der Waals surface area (Å²) >= 11 is 0. The standard InChI is InChI=1S/C13H13N3O/c1-9(17)8-15-13-11(7-14)6-10-4-2-3-5-12(10)16-13/h2-6,9,17H,8H2,1H3,(H,15,16). The predicted molar refractivity (Wildman–Crippen MR) is 66.6 cm³/mol. The van der Waals surface area contributed by atoms with Crippen LogP contribution in [-0.2, 0) is 0 Å². The summed E-state index contributed by atoms with van der Waals surface area (Å²) in [5, 5.41) is 22.2. The van der Waals surface area contributed by atoms with Gasteiger partial charge in [-0.3, -0.25) is 0 Å². The van der Waals surface area contributed by atoms with Crippen LogP contribution >= 0.6 is 0 Å². The van der Waals surface area contributed by atoms with Crippen LogP contribution < -0.4 is 5.32 Å². The first-order valence-corrected chi connectivity index (χ1v) is 5.42. The number of aromatic nitrogens is 1. The number of hydrogen-bond acceptors (Lipinski definition) is 4. The first-order valence-electron chi connectivity index (χ1n) is 5.42. The van der Waals surface area contributed by atoms with Crippen LogP contribution in [0.25, 0.3) is 10.9 Å². The first kappa shape index (κ1) is 11.4. The highest BCUT2D eigenvalue weighted by Gasteiger charge is 2.06. The number of nitriles is 1. The molecule has 1 unspecified atom stereocenters. The molecular formula is C13H13N3O. The Balaban J connectivity index is 2.43. The largest absolute Gasteiger partial charge is 0.392 e. The second-order valence-corrected chi connectivity index (χ2v) is 3.92. The smallest absolute Gasteiger partial charge is 0.144 e. The molecule has 1 heterocycles. The minimum atomic E-state index is -0.477. The van der Waals surface area contributed by atoms with Gasteiger partial charge in [0.05, 0.1) is 17.2 Å². The summed E-state index contributed by atoms with van der Waals surface area (Å²) in [6, 6.07) is 11.5. The molecule has 0 radical (unpaired) electrons. The van der Waals surface area contributed by atoms with Crippen molar-refractivity contribution in [2.45, 2.75) is 13.0 Å². The molecule has 0 bridgehead atoms. The zero-order valence-corrected chi connectivity index (χ0v) is 9.51.